The lowest BCUT2D eigenvalue weighted by molar-refractivity contribution is -0.400. The normalized spacial score (nSPS) is 10.8. The fraction of sp³-hybridized carbons (Fsp3) is 0.429. The molecule has 0 aliphatic heterocycles. The second-order valence-electron chi connectivity index (χ2n) is 4.05. The Hall–Kier alpha value is -1.69. The average Bonchev–Trinajstić information content (AvgIpc) is 2.45. The molecule has 0 aliphatic rings. The van der Waals surface area contributed by atoms with E-state index in [0.29, 0.717) is 17.1 Å². The van der Waals surface area contributed by atoms with Crippen molar-refractivity contribution in [3.8, 4) is 11.5 Å². The molecule has 0 fully saturated rings. The molecule has 0 atom stereocenters. The first-order chi connectivity index (χ1) is 9.62. The summed E-state index contributed by atoms with van der Waals surface area (Å²) >= 11 is 1.70. The Labute approximate surface area is 123 Å². The van der Waals surface area contributed by atoms with E-state index in [0.717, 1.165) is 29.7 Å². The maximum atomic E-state index is 10.4. The van der Waals surface area contributed by atoms with Crippen LogP contribution in [0.15, 0.2) is 23.2 Å². The highest BCUT2D eigenvalue weighted by atomic mass is 32.2. The van der Waals surface area contributed by atoms with Gasteiger partial charge in [0.25, 0.3) is 0 Å². The Kier molecular flexibility index (Phi) is 6.93. The van der Waals surface area contributed by atoms with Gasteiger partial charge in [0.1, 0.15) is 11.5 Å². The molecule has 110 valence electrons. The molecule has 0 saturated carbocycles. The number of ether oxygens (including phenoxy) is 2. The number of hydrogen-bond acceptors (Lipinski definition) is 5. The first-order valence-electron chi connectivity index (χ1n) is 6.32. The third-order valence-corrected chi connectivity index (χ3v) is 3.77. The van der Waals surface area contributed by atoms with Crippen LogP contribution in [0.3, 0.4) is 0 Å². The topological polar surface area (TPSA) is 61.6 Å². The lowest BCUT2D eigenvalue weighted by atomic mass is 10.2. The number of unbranched alkanes of at least 4 members (excludes halogenated alkanes) is 1. The summed E-state index contributed by atoms with van der Waals surface area (Å²) in [5.74, 6) is 2.30. The van der Waals surface area contributed by atoms with E-state index in [4.69, 9.17) is 9.47 Å². The van der Waals surface area contributed by atoms with Crippen molar-refractivity contribution in [2.45, 2.75) is 24.7 Å². The highest BCUT2D eigenvalue weighted by Crippen LogP contribution is 2.36. The molecule has 1 aromatic rings. The summed E-state index contributed by atoms with van der Waals surface area (Å²) in [5.41, 5.74) is 0.626. The molecule has 0 aliphatic carbocycles. The summed E-state index contributed by atoms with van der Waals surface area (Å²) in [6.07, 6.45) is 4.55. The smallest absolute Gasteiger partial charge is 0.235 e. The van der Waals surface area contributed by atoms with E-state index < -0.39 is 4.92 Å². The van der Waals surface area contributed by atoms with Gasteiger partial charge in [-0.25, -0.2) is 0 Å². The number of hydrogen-bond donors (Lipinski definition) is 0. The first-order valence-corrected chi connectivity index (χ1v) is 7.31. The summed E-state index contributed by atoms with van der Waals surface area (Å²) in [5, 5.41) is 10.4. The van der Waals surface area contributed by atoms with Gasteiger partial charge in [-0.1, -0.05) is 13.3 Å². The van der Waals surface area contributed by atoms with Crippen molar-refractivity contribution in [1.82, 2.24) is 0 Å². The standard InChI is InChI=1S/C14H19NO4S/c1-4-5-8-20-14-10-12(18-2)11(6-7-15(16)17)9-13(14)19-3/h6-7,9-10H,4-5,8H2,1-3H3. The number of thioether (sulfide) groups is 1. The predicted octanol–water partition coefficient (Wildman–Crippen LogP) is 3.84. The summed E-state index contributed by atoms with van der Waals surface area (Å²) in [7, 11) is 3.14. The van der Waals surface area contributed by atoms with E-state index in [1.165, 1.54) is 6.08 Å². The Bertz CT molecular complexity index is 488. The third-order valence-electron chi connectivity index (χ3n) is 2.65. The summed E-state index contributed by atoms with van der Waals surface area (Å²) in [6, 6.07) is 3.62. The quantitative estimate of drug-likeness (QED) is 0.316. The molecule has 0 aromatic heterocycles. The van der Waals surface area contributed by atoms with Crippen LogP contribution in [0.1, 0.15) is 25.3 Å². The molecule has 0 saturated heterocycles. The van der Waals surface area contributed by atoms with Crippen LogP contribution in [0.5, 0.6) is 11.5 Å². The Balaban J connectivity index is 3.06. The van der Waals surface area contributed by atoms with Gasteiger partial charge >= 0.3 is 0 Å². The van der Waals surface area contributed by atoms with Gasteiger partial charge in [0.15, 0.2) is 0 Å². The maximum absolute atomic E-state index is 10.4. The molecule has 0 radical (unpaired) electrons. The zero-order valence-corrected chi connectivity index (χ0v) is 12.7. The van der Waals surface area contributed by atoms with E-state index in [9.17, 15) is 10.1 Å². The molecule has 0 bridgehead atoms. The van der Waals surface area contributed by atoms with Crippen molar-refractivity contribution in [2.24, 2.45) is 0 Å². The van der Waals surface area contributed by atoms with Crippen molar-refractivity contribution in [1.29, 1.82) is 0 Å². The van der Waals surface area contributed by atoms with Gasteiger partial charge in [-0.2, -0.15) is 0 Å². The molecule has 0 spiro atoms. The van der Waals surface area contributed by atoms with Gasteiger partial charge in [0.2, 0.25) is 6.20 Å². The van der Waals surface area contributed by atoms with Crippen molar-refractivity contribution in [3.63, 3.8) is 0 Å². The van der Waals surface area contributed by atoms with Gasteiger partial charge in [0.05, 0.1) is 24.0 Å². The van der Waals surface area contributed by atoms with E-state index in [1.54, 1.807) is 32.0 Å². The number of nitro groups is 1. The highest BCUT2D eigenvalue weighted by Gasteiger charge is 2.10. The molecular formula is C14H19NO4S. The van der Waals surface area contributed by atoms with Crippen LogP contribution >= 0.6 is 11.8 Å². The van der Waals surface area contributed by atoms with Gasteiger partial charge < -0.3 is 9.47 Å². The van der Waals surface area contributed by atoms with Gasteiger partial charge in [-0.3, -0.25) is 10.1 Å². The highest BCUT2D eigenvalue weighted by molar-refractivity contribution is 7.99. The second kappa shape index (κ2) is 8.47. The van der Waals surface area contributed by atoms with E-state index in [2.05, 4.69) is 6.92 Å². The molecule has 0 unspecified atom stereocenters. The van der Waals surface area contributed by atoms with Crippen LogP contribution in [0.4, 0.5) is 0 Å². The maximum Gasteiger partial charge on any atom is 0.235 e. The Morgan fingerprint density at radius 2 is 2.00 bits per heavy atom. The SMILES string of the molecule is CCCCSc1cc(OC)c(C=C[N+](=O)[O-])cc1OC. The summed E-state index contributed by atoms with van der Waals surface area (Å²) < 4.78 is 10.6. The molecule has 0 amide bonds. The minimum Gasteiger partial charge on any atom is -0.496 e. The van der Waals surface area contributed by atoms with Crippen LogP contribution in [-0.4, -0.2) is 24.9 Å². The number of rotatable bonds is 8. The second-order valence-corrected chi connectivity index (χ2v) is 5.18. The van der Waals surface area contributed by atoms with Crippen molar-refractivity contribution < 1.29 is 14.4 Å². The number of methoxy groups -OCH3 is 2. The molecule has 0 heterocycles. The zero-order valence-electron chi connectivity index (χ0n) is 11.9. The lowest BCUT2D eigenvalue weighted by Gasteiger charge is -2.12. The average molecular weight is 297 g/mol. The fourth-order valence-electron chi connectivity index (χ4n) is 1.60. The molecule has 5 nitrogen and oxygen atoms in total. The summed E-state index contributed by atoms with van der Waals surface area (Å²) in [4.78, 5) is 10.9. The summed E-state index contributed by atoms with van der Waals surface area (Å²) in [6.45, 7) is 2.14. The van der Waals surface area contributed by atoms with Crippen LogP contribution in [-0.2, 0) is 0 Å². The number of benzene rings is 1. The van der Waals surface area contributed by atoms with Crippen LogP contribution < -0.4 is 9.47 Å². The molecule has 0 N–H and O–H groups in total. The van der Waals surface area contributed by atoms with Crippen molar-refractivity contribution >= 4 is 17.8 Å². The molecule has 20 heavy (non-hydrogen) atoms. The monoisotopic (exact) mass is 297 g/mol. The lowest BCUT2D eigenvalue weighted by Crippen LogP contribution is -1.94. The minimum atomic E-state index is -0.504. The van der Waals surface area contributed by atoms with Gasteiger partial charge in [0, 0.05) is 11.6 Å². The zero-order chi connectivity index (χ0) is 15.0. The minimum absolute atomic E-state index is 0.504. The predicted molar refractivity (Wildman–Crippen MR) is 81.2 cm³/mol. The molecule has 1 aromatic carbocycles. The van der Waals surface area contributed by atoms with E-state index in [1.807, 2.05) is 6.07 Å². The largest absolute Gasteiger partial charge is 0.496 e. The van der Waals surface area contributed by atoms with Gasteiger partial charge in [-0.05, 0) is 24.3 Å². The van der Waals surface area contributed by atoms with Crippen molar-refractivity contribution in [3.05, 3.63) is 34.0 Å². The van der Waals surface area contributed by atoms with E-state index in [-0.39, 0.29) is 0 Å². The first kappa shape index (κ1) is 16.4. The number of nitrogens with zero attached hydrogens (tertiary/aromatic N) is 1. The fourth-order valence-corrected chi connectivity index (χ4v) is 2.73. The van der Waals surface area contributed by atoms with Gasteiger partial charge in [-0.15, -0.1) is 11.8 Å². The Morgan fingerprint density at radius 3 is 2.55 bits per heavy atom. The third kappa shape index (κ3) is 4.77. The Morgan fingerprint density at radius 1 is 1.30 bits per heavy atom. The van der Waals surface area contributed by atoms with Crippen LogP contribution in [0, 0.1) is 10.1 Å². The van der Waals surface area contributed by atoms with E-state index >= 15 is 0 Å². The van der Waals surface area contributed by atoms with Crippen LogP contribution in [0.25, 0.3) is 6.08 Å². The van der Waals surface area contributed by atoms with Crippen molar-refractivity contribution in [2.75, 3.05) is 20.0 Å². The molecular weight excluding hydrogens is 278 g/mol. The molecule has 1 rings (SSSR count). The molecule has 6 heteroatoms. The van der Waals surface area contributed by atoms with Crippen LogP contribution in [0.2, 0.25) is 0 Å².